The molecule has 0 atom stereocenters. The molecule has 2 aromatic rings. The Balaban J connectivity index is 1.55. The topological polar surface area (TPSA) is 48.5 Å². The lowest BCUT2D eigenvalue weighted by atomic mass is 9.96. The van der Waals surface area contributed by atoms with Crippen LogP contribution in [0.5, 0.6) is 0 Å². The smallest absolute Gasteiger partial charge is 0.229 e. The molecule has 1 aromatic carbocycles. The molecule has 1 aliphatic heterocycles. The summed E-state index contributed by atoms with van der Waals surface area (Å²) in [7, 11) is 0. The highest BCUT2D eigenvalue weighted by Crippen LogP contribution is 2.21. The number of hydrogen-bond donors (Lipinski definition) is 1. The van der Waals surface area contributed by atoms with Gasteiger partial charge in [-0.2, -0.15) is 0 Å². The van der Waals surface area contributed by atoms with Crippen molar-refractivity contribution in [2.45, 2.75) is 53.5 Å². The molecule has 0 spiro atoms. The number of anilines is 2. The van der Waals surface area contributed by atoms with Crippen LogP contribution in [-0.2, 0) is 11.3 Å². The van der Waals surface area contributed by atoms with Crippen molar-refractivity contribution in [1.82, 2.24) is 9.88 Å². The molecule has 162 valence electrons. The van der Waals surface area contributed by atoms with E-state index in [0.29, 0.717) is 5.92 Å². The summed E-state index contributed by atoms with van der Waals surface area (Å²) in [5.74, 6) is 1.56. The van der Waals surface area contributed by atoms with Crippen molar-refractivity contribution in [1.29, 1.82) is 0 Å². The van der Waals surface area contributed by atoms with Crippen molar-refractivity contribution in [3.05, 3.63) is 53.7 Å². The Morgan fingerprint density at radius 3 is 2.37 bits per heavy atom. The van der Waals surface area contributed by atoms with Crippen LogP contribution in [0.15, 0.2) is 42.6 Å². The summed E-state index contributed by atoms with van der Waals surface area (Å²) in [6.45, 7) is 15.3. The molecule has 5 heteroatoms. The molecule has 1 aliphatic rings. The number of carbonyl (C=O) groups excluding carboxylic acids is 1. The SMILES string of the molecule is CC(C)c1ccc(CN2CCCN(c3ccc(NC(=O)C(C)(C)C)cn3)CC2)cc1. The van der Waals surface area contributed by atoms with Gasteiger partial charge in [-0.1, -0.05) is 58.9 Å². The first kappa shape index (κ1) is 22.3. The predicted octanol–water partition coefficient (Wildman–Crippen LogP) is 4.90. The van der Waals surface area contributed by atoms with E-state index in [4.69, 9.17) is 0 Å². The van der Waals surface area contributed by atoms with E-state index >= 15 is 0 Å². The Bertz CT molecular complexity index is 822. The fourth-order valence-corrected chi connectivity index (χ4v) is 3.59. The van der Waals surface area contributed by atoms with Gasteiger partial charge in [-0.15, -0.1) is 0 Å². The molecule has 30 heavy (non-hydrogen) atoms. The monoisotopic (exact) mass is 408 g/mol. The Hall–Kier alpha value is -2.40. The second kappa shape index (κ2) is 9.61. The lowest BCUT2D eigenvalue weighted by Crippen LogP contribution is -2.31. The number of carbonyl (C=O) groups is 1. The van der Waals surface area contributed by atoms with Gasteiger partial charge < -0.3 is 10.2 Å². The van der Waals surface area contributed by atoms with Crippen molar-refractivity contribution < 1.29 is 4.79 Å². The molecule has 0 bridgehead atoms. The number of nitrogens with zero attached hydrogens (tertiary/aromatic N) is 3. The molecule has 3 rings (SSSR count). The fraction of sp³-hybridized carbons (Fsp3) is 0.520. The predicted molar refractivity (Wildman–Crippen MR) is 125 cm³/mol. The summed E-state index contributed by atoms with van der Waals surface area (Å²) >= 11 is 0. The van der Waals surface area contributed by atoms with Crippen LogP contribution in [0.25, 0.3) is 0 Å². The molecule has 5 nitrogen and oxygen atoms in total. The Morgan fingerprint density at radius 1 is 1.03 bits per heavy atom. The van der Waals surface area contributed by atoms with Gasteiger partial charge in [-0.3, -0.25) is 9.69 Å². The summed E-state index contributed by atoms with van der Waals surface area (Å²) < 4.78 is 0. The van der Waals surface area contributed by atoms with Crippen LogP contribution in [0.4, 0.5) is 11.5 Å². The minimum absolute atomic E-state index is 0.00360. The van der Waals surface area contributed by atoms with Crippen molar-refractivity contribution in [2.24, 2.45) is 5.41 Å². The lowest BCUT2D eigenvalue weighted by Gasteiger charge is -2.23. The van der Waals surface area contributed by atoms with Gasteiger partial charge in [0.15, 0.2) is 0 Å². The van der Waals surface area contributed by atoms with Crippen LogP contribution in [-0.4, -0.2) is 42.0 Å². The average molecular weight is 409 g/mol. The van der Waals surface area contributed by atoms with E-state index in [-0.39, 0.29) is 5.91 Å². The van der Waals surface area contributed by atoms with Crippen LogP contribution < -0.4 is 10.2 Å². The Kier molecular flexibility index (Phi) is 7.14. The van der Waals surface area contributed by atoms with E-state index in [0.717, 1.165) is 50.6 Å². The summed E-state index contributed by atoms with van der Waals surface area (Å²) in [5, 5.41) is 2.94. The second-order valence-corrected chi connectivity index (χ2v) is 9.62. The number of amides is 1. The minimum atomic E-state index is -0.415. The third-order valence-electron chi connectivity index (χ3n) is 5.65. The molecule has 1 N–H and O–H groups in total. The number of rotatable bonds is 5. The molecule has 1 amide bonds. The lowest BCUT2D eigenvalue weighted by molar-refractivity contribution is -0.123. The highest BCUT2D eigenvalue weighted by Gasteiger charge is 2.21. The zero-order valence-electron chi connectivity index (χ0n) is 19.1. The third-order valence-corrected chi connectivity index (χ3v) is 5.65. The van der Waals surface area contributed by atoms with Gasteiger partial charge in [-0.25, -0.2) is 4.98 Å². The first-order valence-corrected chi connectivity index (χ1v) is 11.1. The maximum atomic E-state index is 12.1. The number of aromatic nitrogens is 1. The van der Waals surface area contributed by atoms with E-state index in [1.165, 1.54) is 11.1 Å². The summed E-state index contributed by atoms with van der Waals surface area (Å²) in [6.07, 6.45) is 2.88. The van der Waals surface area contributed by atoms with Crippen LogP contribution >= 0.6 is 0 Å². The van der Waals surface area contributed by atoms with Crippen molar-refractivity contribution >= 4 is 17.4 Å². The number of pyridine rings is 1. The van der Waals surface area contributed by atoms with Gasteiger partial charge in [-0.05, 0) is 35.6 Å². The normalized spacial score (nSPS) is 15.9. The van der Waals surface area contributed by atoms with E-state index in [1.807, 2.05) is 32.9 Å². The van der Waals surface area contributed by atoms with E-state index in [9.17, 15) is 4.79 Å². The molecule has 0 unspecified atom stereocenters. The second-order valence-electron chi connectivity index (χ2n) is 9.62. The first-order chi connectivity index (χ1) is 14.2. The standard InChI is InChI=1S/C25H36N4O/c1-19(2)21-9-7-20(8-10-21)18-28-13-6-14-29(16-15-28)23-12-11-22(17-26-23)27-24(30)25(3,4)5/h7-12,17,19H,6,13-16,18H2,1-5H3,(H,27,30). The minimum Gasteiger partial charge on any atom is -0.355 e. The first-order valence-electron chi connectivity index (χ1n) is 11.1. The Morgan fingerprint density at radius 2 is 1.77 bits per heavy atom. The van der Waals surface area contributed by atoms with Gasteiger partial charge >= 0.3 is 0 Å². The zero-order valence-corrected chi connectivity index (χ0v) is 19.1. The third kappa shape index (κ3) is 6.05. The molecule has 1 fully saturated rings. The number of nitrogens with one attached hydrogen (secondary N) is 1. The van der Waals surface area contributed by atoms with Crippen molar-refractivity contribution in [3.8, 4) is 0 Å². The average Bonchev–Trinajstić information content (AvgIpc) is 2.94. The summed E-state index contributed by atoms with van der Waals surface area (Å²) in [5.41, 5.74) is 3.11. The van der Waals surface area contributed by atoms with Gasteiger partial charge in [0.05, 0.1) is 11.9 Å². The van der Waals surface area contributed by atoms with Gasteiger partial charge in [0.25, 0.3) is 0 Å². The number of hydrogen-bond acceptors (Lipinski definition) is 4. The summed E-state index contributed by atoms with van der Waals surface area (Å²) in [6, 6.07) is 13.0. The molecule has 1 saturated heterocycles. The van der Waals surface area contributed by atoms with Crippen molar-refractivity contribution in [2.75, 3.05) is 36.4 Å². The zero-order chi connectivity index (χ0) is 21.7. The van der Waals surface area contributed by atoms with Crippen LogP contribution in [0.2, 0.25) is 0 Å². The molecule has 0 saturated carbocycles. The van der Waals surface area contributed by atoms with Gasteiger partial charge in [0.2, 0.25) is 5.91 Å². The summed E-state index contributed by atoms with van der Waals surface area (Å²) in [4.78, 5) is 21.6. The van der Waals surface area contributed by atoms with Crippen LogP contribution in [0.1, 0.15) is 58.1 Å². The Labute approximate surface area is 181 Å². The number of benzene rings is 1. The maximum Gasteiger partial charge on any atom is 0.229 e. The van der Waals surface area contributed by atoms with Crippen LogP contribution in [0, 0.1) is 5.41 Å². The van der Waals surface area contributed by atoms with Crippen molar-refractivity contribution in [3.63, 3.8) is 0 Å². The van der Waals surface area contributed by atoms with E-state index in [2.05, 4.69) is 58.2 Å². The quantitative estimate of drug-likeness (QED) is 0.764. The van der Waals surface area contributed by atoms with Crippen LogP contribution in [0.3, 0.4) is 0 Å². The highest BCUT2D eigenvalue weighted by molar-refractivity contribution is 5.94. The van der Waals surface area contributed by atoms with Gasteiger partial charge in [0, 0.05) is 38.1 Å². The van der Waals surface area contributed by atoms with Gasteiger partial charge in [0.1, 0.15) is 5.82 Å². The molecule has 1 aromatic heterocycles. The van der Waals surface area contributed by atoms with E-state index in [1.54, 1.807) is 6.20 Å². The molecular weight excluding hydrogens is 372 g/mol. The fourth-order valence-electron chi connectivity index (χ4n) is 3.59. The van der Waals surface area contributed by atoms with E-state index < -0.39 is 5.41 Å². The molecule has 0 aliphatic carbocycles. The molecular formula is C25H36N4O. The molecule has 0 radical (unpaired) electrons. The maximum absolute atomic E-state index is 12.1. The highest BCUT2D eigenvalue weighted by atomic mass is 16.2. The largest absolute Gasteiger partial charge is 0.355 e. The molecule has 2 heterocycles.